The highest BCUT2D eigenvalue weighted by molar-refractivity contribution is 7.78. The minimum absolute atomic E-state index is 0. The van der Waals surface area contributed by atoms with Crippen LogP contribution < -0.4 is 0 Å². The lowest BCUT2D eigenvalue weighted by molar-refractivity contribution is 0.824. The number of benzene rings is 2. The fraction of sp³-hybridized carbons (Fsp3) is 0. The average Bonchev–Trinajstić information content (AvgIpc) is 2.21. The Balaban J connectivity index is 0.000000980. The number of hydrogen-bond donors (Lipinski definition) is 0. The molecule has 0 atom stereocenters. The summed E-state index contributed by atoms with van der Waals surface area (Å²) in [5.41, 5.74) is 0. The van der Waals surface area contributed by atoms with Crippen molar-refractivity contribution in [3.8, 4) is 0 Å². The summed E-state index contributed by atoms with van der Waals surface area (Å²) in [6, 6.07) is 21.0. The zero-order valence-corrected chi connectivity index (χ0v) is 10.7. The van der Waals surface area contributed by atoms with Crippen molar-refractivity contribution in [2.45, 2.75) is 9.79 Å². The van der Waals surface area contributed by atoms with Crippen LogP contribution in [0.15, 0.2) is 70.5 Å². The van der Waals surface area contributed by atoms with E-state index in [0.29, 0.717) is 0 Å². The third-order valence-electron chi connectivity index (χ3n) is 1.77. The summed E-state index contributed by atoms with van der Waals surface area (Å²) < 4.78 is 0. The van der Waals surface area contributed by atoms with Gasteiger partial charge in [0, 0.05) is 34.8 Å². The van der Waals surface area contributed by atoms with Crippen LogP contribution in [-0.4, -0.2) is 28.5 Å². The second kappa shape index (κ2) is 7.76. The molecule has 2 aromatic carbocycles. The molecule has 0 aliphatic rings. The Morgan fingerprint density at radius 2 is 0.933 bits per heavy atom. The highest BCUT2D eigenvalue weighted by Gasteiger charge is 2.03. The monoisotopic (exact) mass is 228 g/mol. The Labute approximate surface area is 110 Å². The van der Waals surface area contributed by atoms with E-state index in [1.54, 1.807) is 0 Å². The van der Waals surface area contributed by atoms with Gasteiger partial charge in [-0.15, -0.1) is 0 Å². The minimum Gasteiger partial charge on any atom is -0.870 e. The predicted octanol–water partition coefficient (Wildman–Crippen LogP) is 2.36. The number of rotatable bonds is 2. The largest absolute Gasteiger partial charge is 0.870 e. The summed E-state index contributed by atoms with van der Waals surface area (Å²) >= 11 is 1.28. The highest BCUT2D eigenvalue weighted by atomic mass is 32.2. The van der Waals surface area contributed by atoms with Gasteiger partial charge in [0.1, 0.15) is 0 Å². The summed E-state index contributed by atoms with van der Waals surface area (Å²) in [6.07, 6.45) is 0. The van der Waals surface area contributed by atoms with Crippen molar-refractivity contribution in [1.29, 1.82) is 0 Å². The van der Waals surface area contributed by atoms with E-state index in [1.807, 2.05) is 12.1 Å². The van der Waals surface area contributed by atoms with Crippen molar-refractivity contribution in [2.75, 3.05) is 0 Å². The maximum absolute atomic E-state index is 2.15. The molecule has 2 aromatic rings. The number of hydrogen-bond acceptors (Lipinski definition) is 1. The maximum Gasteiger partial charge on any atom is 0.158 e. The van der Waals surface area contributed by atoms with Crippen LogP contribution in [0.3, 0.4) is 0 Å². The van der Waals surface area contributed by atoms with Gasteiger partial charge in [0.15, 0.2) is 9.79 Å². The van der Waals surface area contributed by atoms with E-state index in [0.717, 1.165) is 0 Å². The predicted molar refractivity (Wildman–Crippen MR) is 65.9 cm³/mol. The van der Waals surface area contributed by atoms with Crippen molar-refractivity contribution in [3.63, 3.8) is 0 Å². The molecule has 15 heavy (non-hydrogen) atoms. The molecule has 2 rings (SSSR count). The van der Waals surface area contributed by atoms with Crippen LogP contribution in [0, 0.1) is 0 Å². The van der Waals surface area contributed by atoms with E-state index in [9.17, 15) is 0 Å². The zero-order chi connectivity index (χ0) is 8.93. The Kier molecular flexibility index (Phi) is 7.51. The van der Waals surface area contributed by atoms with Crippen molar-refractivity contribution in [2.24, 2.45) is 0 Å². The molecule has 2 radical (unpaired) electrons. The Morgan fingerprint density at radius 1 is 0.600 bits per heavy atom. The van der Waals surface area contributed by atoms with E-state index in [4.69, 9.17) is 0 Å². The van der Waals surface area contributed by atoms with Crippen LogP contribution in [0.5, 0.6) is 0 Å². The van der Waals surface area contributed by atoms with Crippen molar-refractivity contribution < 1.29 is 5.48 Å². The van der Waals surface area contributed by atoms with Gasteiger partial charge in [-0.05, 0) is 24.3 Å². The third-order valence-corrected chi connectivity index (χ3v) is 2.88. The van der Waals surface area contributed by atoms with Gasteiger partial charge in [0.05, 0.1) is 0 Å². The van der Waals surface area contributed by atoms with Gasteiger partial charge in [0.2, 0.25) is 0 Å². The highest BCUT2D eigenvalue weighted by Crippen LogP contribution is 2.10. The first-order valence-electron chi connectivity index (χ1n) is 4.27. The van der Waals surface area contributed by atoms with Gasteiger partial charge in [-0.25, -0.2) is 0 Å². The van der Waals surface area contributed by atoms with Crippen LogP contribution in [0.4, 0.5) is 0 Å². The lowest BCUT2D eigenvalue weighted by Crippen LogP contribution is -1.82. The summed E-state index contributed by atoms with van der Waals surface area (Å²) in [7, 11) is 0. The Morgan fingerprint density at radius 3 is 1.27 bits per heavy atom. The fourth-order valence-corrected chi connectivity index (χ4v) is 2.09. The molecule has 0 heterocycles. The van der Waals surface area contributed by atoms with Gasteiger partial charge < -0.3 is 5.48 Å². The summed E-state index contributed by atoms with van der Waals surface area (Å²) in [5, 5.41) is 0. The number of thiol groups is 1. The van der Waals surface area contributed by atoms with Crippen LogP contribution in [0.2, 0.25) is 0 Å². The molecule has 0 bridgehead atoms. The molecule has 0 aliphatic heterocycles. The zero-order valence-electron chi connectivity index (χ0n) is 8.38. The molecule has 3 heteroatoms. The first kappa shape index (κ1) is 14.5. The standard InChI is InChI=1S/C12H10S.Mg.H2O/c1-3-7-11(8-4-1)13-12-9-5-2-6-10-12;;/h1-10H;;1H2. The van der Waals surface area contributed by atoms with E-state index in [-0.39, 0.29) is 28.5 Å². The van der Waals surface area contributed by atoms with E-state index in [1.165, 1.54) is 21.6 Å². The smallest absolute Gasteiger partial charge is 0.158 e. The van der Waals surface area contributed by atoms with Crippen LogP contribution >= 0.6 is 0 Å². The normalized spacial score (nSPS) is 8.53. The van der Waals surface area contributed by atoms with Crippen molar-refractivity contribution in [1.82, 2.24) is 0 Å². The molecular formula is C12H12MgOS. The van der Waals surface area contributed by atoms with E-state index >= 15 is 0 Å². The average molecular weight is 229 g/mol. The first-order valence-corrected chi connectivity index (χ1v) is 5.16. The van der Waals surface area contributed by atoms with E-state index < -0.39 is 0 Å². The molecular weight excluding hydrogens is 217 g/mol. The Bertz CT molecular complexity index is 326. The fourth-order valence-electron chi connectivity index (χ4n) is 1.15. The minimum atomic E-state index is 0. The van der Waals surface area contributed by atoms with Gasteiger partial charge >= 0.3 is 0 Å². The molecule has 0 fully saturated rings. The molecule has 0 spiro atoms. The van der Waals surface area contributed by atoms with Crippen molar-refractivity contribution in [3.05, 3.63) is 60.7 Å². The maximum atomic E-state index is 2.15. The molecule has 1 N–H and O–H groups in total. The van der Waals surface area contributed by atoms with Crippen molar-refractivity contribution >= 4 is 34.8 Å². The van der Waals surface area contributed by atoms with Gasteiger partial charge in [0.25, 0.3) is 0 Å². The van der Waals surface area contributed by atoms with Gasteiger partial charge in [-0.2, -0.15) is 0 Å². The topological polar surface area (TPSA) is 30.0 Å². The van der Waals surface area contributed by atoms with E-state index in [2.05, 4.69) is 48.5 Å². The molecule has 74 valence electrons. The molecule has 0 saturated carbocycles. The third kappa shape index (κ3) is 4.71. The lowest BCUT2D eigenvalue weighted by atomic mass is 10.4. The molecule has 1 nitrogen and oxygen atoms in total. The molecule has 0 unspecified atom stereocenters. The van der Waals surface area contributed by atoms with Crippen LogP contribution in [0.1, 0.15) is 0 Å². The second-order valence-corrected chi connectivity index (χ2v) is 4.04. The van der Waals surface area contributed by atoms with Crippen LogP contribution in [0.25, 0.3) is 0 Å². The summed E-state index contributed by atoms with van der Waals surface area (Å²) in [4.78, 5) is 2.68. The molecule has 0 aliphatic carbocycles. The Hall–Kier alpha value is -0.484. The quantitative estimate of drug-likeness (QED) is 0.441. The van der Waals surface area contributed by atoms with Crippen LogP contribution in [-0.2, 0) is 11.8 Å². The molecule has 0 saturated heterocycles. The SMILES string of the molecule is [Mg].[OH-].c1ccc([SH+]c2ccccc2)cc1. The summed E-state index contributed by atoms with van der Waals surface area (Å²) in [6.45, 7) is 0. The summed E-state index contributed by atoms with van der Waals surface area (Å²) in [5.74, 6) is 0. The molecule has 0 aromatic heterocycles. The lowest BCUT2D eigenvalue weighted by Gasteiger charge is -1.90. The second-order valence-electron chi connectivity index (χ2n) is 2.78. The molecule has 0 amide bonds. The first-order chi connectivity index (χ1) is 6.45. The van der Waals surface area contributed by atoms with Gasteiger partial charge in [-0.3, -0.25) is 0 Å². The van der Waals surface area contributed by atoms with Gasteiger partial charge in [-0.1, -0.05) is 36.4 Å².